The van der Waals surface area contributed by atoms with E-state index in [0.717, 1.165) is 25.0 Å². The number of hydrogen-bond donors (Lipinski definition) is 2. The number of halogens is 3. The molecular weight excluding hydrogens is 349 g/mol. The maximum Gasteiger partial charge on any atom is 0.416 e. The maximum absolute atomic E-state index is 12.9. The highest BCUT2D eigenvalue weighted by atomic mass is 19.4. The summed E-state index contributed by atoms with van der Waals surface area (Å²) in [7, 11) is 0. The van der Waals surface area contributed by atoms with E-state index in [0.29, 0.717) is 12.1 Å². The van der Waals surface area contributed by atoms with Gasteiger partial charge in [0.15, 0.2) is 0 Å². The van der Waals surface area contributed by atoms with E-state index in [1.807, 2.05) is 0 Å². The Hall–Kier alpha value is -2.09. The first-order valence-corrected chi connectivity index (χ1v) is 8.64. The molecule has 8 heteroatoms. The van der Waals surface area contributed by atoms with Gasteiger partial charge in [0.1, 0.15) is 0 Å². The highest BCUT2D eigenvalue weighted by Crippen LogP contribution is 2.31. The largest absolute Gasteiger partial charge is 0.481 e. The summed E-state index contributed by atoms with van der Waals surface area (Å²) in [6.45, 7) is 0.748. The molecule has 1 saturated heterocycles. The van der Waals surface area contributed by atoms with Crippen molar-refractivity contribution in [2.75, 3.05) is 13.1 Å². The number of rotatable bonds is 5. The topological polar surface area (TPSA) is 69.6 Å². The van der Waals surface area contributed by atoms with Crippen molar-refractivity contribution < 1.29 is 27.9 Å². The van der Waals surface area contributed by atoms with Crippen LogP contribution in [-0.4, -0.2) is 41.0 Å². The molecule has 2 fully saturated rings. The van der Waals surface area contributed by atoms with Crippen LogP contribution in [0.25, 0.3) is 0 Å². The molecule has 1 amide bonds. The fraction of sp³-hybridized carbons (Fsp3) is 0.556. The SMILES string of the molecule is O=C(O)[C@H]1C[C@H](C(=O)NC2CC2)CN(Cc2cccc(C(F)(F)F)c2)C1. The minimum atomic E-state index is -4.42. The molecule has 0 radical (unpaired) electrons. The molecule has 1 heterocycles. The zero-order chi connectivity index (χ0) is 18.9. The van der Waals surface area contributed by atoms with Crippen LogP contribution in [0.4, 0.5) is 13.2 Å². The number of carbonyl (C=O) groups excluding carboxylic acids is 1. The molecule has 2 N–H and O–H groups in total. The molecule has 26 heavy (non-hydrogen) atoms. The lowest BCUT2D eigenvalue weighted by molar-refractivity contribution is -0.145. The van der Waals surface area contributed by atoms with E-state index in [9.17, 15) is 27.9 Å². The molecule has 1 aliphatic heterocycles. The Kier molecular flexibility index (Phi) is 5.22. The highest BCUT2D eigenvalue weighted by molar-refractivity contribution is 5.81. The zero-order valence-electron chi connectivity index (χ0n) is 14.1. The maximum atomic E-state index is 12.9. The second-order valence-corrected chi connectivity index (χ2v) is 7.14. The quantitative estimate of drug-likeness (QED) is 0.836. The molecule has 2 atom stereocenters. The number of benzene rings is 1. The van der Waals surface area contributed by atoms with Gasteiger partial charge in [0.2, 0.25) is 5.91 Å². The van der Waals surface area contributed by atoms with Crippen molar-refractivity contribution in [1.29, 1.82) is 0 Å². The lowest BCUT2D eigenvalue weighted by Crippen LogP contribution is -2.48. The molecule has 2 aliphatic rings. The van der Waals surface area contributed by atoms with Crippen molar-refractivity contribution in [3.63, 3.8) is 0 Å². The number of alkyl halides is 3. The van der Waals surface area contributed by atoms with Crippen molar-refractivity contribution in [3.05, 3.63) is 35.4 Å². The molecule has 142 valence electrons. The van der Waals surface area contributed by atoms with Crippen molar-refractivity contribution in [2.45, 2.75) is 38.0 Å². The third-order valence-electron chi connectivity index (χ3n) is 4.83. The van der Waals surface area contributed by atoms with Gasteiger partial charge < -0.3 is 10.4 Å². The van der Waals surface area contributed by atoms with Crippen LogP contribution < -0.4 is 5.32 Å². The van der Waals surface area contributed by atoms with Gasteiger partial charge in [0.05, 0.1) is 17.4 Å². The monoisotopic (exact) mass is 370 g/mol. The fourth-order valence-corrected chi connectivity index (χ4v) is 3.34. The zero-order valence-corrected chi connectivity index (χ0v) is 14.1. The van der Waals surface area contributed by atoms with E-state index < -0.39 is 29.5 Å². The Labute approximate surface area is 149 Å². The first-order valence-electron chi connectivity index (χ1n) is 8.64. The Bertz CT molecular complexity index is 689. The lowest BCUT2D eigenvalue weighted by Gasteiger charge is -2.35. The Morgan fingerprint density at radius 2 is 1.88 bits per heavy atom. The minimum Gasteiger partial charge on any atom is -0.481 e. The van der Waals surface area contributed by atoms with Gasteiger partial charge in [-0.2, -0.15) is 13.2 Å². The van der Waals surface area contributed by atoms with Crippen LogP contribution in [0.5, 0.6) is 0 Å². The van der Waals surface area contributed by atoms with Gasteiger partial charge in [0, 0.05) is 25.7 Å². The molecule has 0 bridgehead atoms. The Morgan fingerprint density at radius 1 is 1.19 bits per heavy atom. The normalized spacial score (nSPS) is 24.3. The number of carboxylic acid groups (broad SMARTS) is 1. The minimum absolute atomic E-state index is 0.160. The summed E-state index contributed by atoms with van der Waals surface area (Å²) in [6, 6.07) is 5.19. The molecule has 5 nitrogen and oxygen atoms in total. The Morgan fingerprint density at radius 3 is 2.50 bits per heavy atom. The predicted molar refractivity (Wildman–Crippen MR) is 87.1 cm³/mol. The van der Waals surface area contributed by atoms with Crippen LogP contribution >= 0.6 is 0 Å². The smallest absolute Gasteiger partial charge is 0.416 e. The molecule has 0 unspecified atom stereocenters. The fourth-order valence-electron chi connectivity index (χ4n) is 3.34. The van der Waals surface area contributed by atoms with E-state index in [1.165, 1.54) is 6.07 Å². The van der Waals surface area contributed by atoms with Crippen molar-refractivity contribution in [3.8, 4) is 0 Å². The van der Waals surface area contributed by atoms with E-state index >= 15 is 0 Å². The van der Waals surface area contributed by atoms with Gasteiger partial charge in [-0.25, -0.2) is 0 Å². The lowest BCUT2D eigenvalue weighted by atomic mass is 9.88. The molecule has 3 rings (SSSR count). The molecular formula is C18H21F3N2O3. The van der Waals surface area contributed by atoms with Crippen molar-refractivity contribution in [2.24, 2.45) is 11.8 Å². The second-order valence-electron chi connectivity index (χ2n) is 7.14. The summed E-state index contributed by atoms with van der Waals surface area (Å²) >= 11 is 0. The van der Waals surface area contributed by atoms with Gasteiger partial charge in [-0.3, -0.25) is 14.5 Å². The molecule has 0 aromatic heterocycles. The number of carboxylic acids is 1. The first kappa shape index (κ1) is 18.7. The van der Waals surface area contributed by atoms with Crippen LogP contribution in [0.2, 0.25) is 0 Å². The van der Waals surface area contributed by atoms with Crippen LogP contribution in [0.15, 0.2) is 24.3 Å². The summed E-state index contributed by atoms with van der Waals surface area (Å²) in [5, 5.41) is 12.2. The van der Waals surface area contributed by atoms with Crippen LogP contribution in [0.3, 0.4) is 0 Å². The molecule has 1 saturated carbocycles. The average molecular weight is 370 g/mol. The number of aliphatic carboxylic acids is 1. The summed E-state index contributed by atoms with van der Waals surface area (Å²) < 4.78 is 38.6. The third-order valence-corrected chi connectivity index (χ3v) is 4.83. The summed E-state index contributed by atoms with van der Waals surface area (Å²) in [5.74, 6) is -2.31. The summed E-state index contributed by atoms with van der Waals surface area (Å²) in [5.41, 5.74) is -0.281. The van der Waals surface area contributed by atoms with E-state index in [4.69, 9.17) is 0 Å². The van der Waals surface area contributed by atoms with Gasteiger partial charge in [-0.1, -0.05) is 18.2 Å². The van der Waals surface area contributed by atoms with Gasteiger partial charge in [-0.15, -0.1) is 0 Å². The number of nitrogens with zero attached hydrogens (tertiary/aromatic N) is 1. The highest BCUT2D eigenvalue weighted by Gasteiger charge is 2.37. The standard InChI is InChI=1S/C18H21F3N2O3/c19-18(20,21)14-3-1-2-11(6-14)8-23-9-12(7-13(10-23)17(25)26)16(24)22-15-4-5-15/h1-3,6,12-13,15H,4-5,7-10H2,(H,22,24)(H,25,26)/t12-,13-/m0/s1. The molecule has 1 aliphatic carbocycles. The number of hydrogen-bond acceptors (Lipinski definition) is 3. The number of nitrogens with one attached hydrogen (secondary N) is 1. The van der Waals surface area contributed by atoms with Crippen molar-refractivity contribution >= 4 is 11.9 Å². The first-order chi connectivity index (χ1) is 12.2. The van der Waals surface area contributed by atoms with E-state index in [1.54, 1.807) is 11.0 Å². The van der Waals surface area contributed by atoms with Gasteiger partial charge in [0.25, 0.3) is 0 Å². The predicted octanol–water partition coefficient (Wildman–Crippen LogP) is 2.51. The number of amides is 1. The second kappa shape index (κ2) is 7.26. The number of piperidine rings is 1. The van der Waals surface area contributed by atoms with Gasteiger partial charge in [-0.05, 0) is 30.9 Å². The third kappa shape index (κ3) is 4.75. The molecule has 0 spiro atoms. The number of likely N-dealkylation sites (tertiary alicyclic amines) is 1. The van der Waals surface area contributed by atoms with Crippen molar-refractivity contribution in [1.82, 2.24) is 10.2 Å². The number of carbonyl (C=O) groups is 2. The average Bonchev–Trinajstić information content (AvgIpc) is 3.38. The van der Waals surface area contributed by atoms with Crippen LogP contribution in [0.1, 0.15) is 30.4 Å². The van der Waals surface area contributed by atoms with Crippen LogP contribution in [-0.2, 0) is 22.3 Å². The van der Waals surface area contributed by atoms with E-state index in [2.05, 4.69) is 5.32 Å². The van der Waals surface area contributed by atoms with Gasteiger partial charge >= 0.3 is 12.1 Å². The van der Waals surface area contributed by atoms with Crippen LogP contribution in [0, 0.1) is 11.8 Å². The Balaban J connectivity index is 1.71. The summed E-state index contributed by atoms with van der Waals surface area (Å²) in [4.78, 5) is 25.5. The summed E-state index contributed by atoms with van der Waals surface area (Å²) in [6.07, 6.45) is -2.29. The molecule has 1 aromatic carbocycles. The van der Waals surface area contributed by atoms with E-state index in [-0.39, 0.29) is 31.5 Å². The molecule has 1 aromatic rings.